The maximum atomic E-state index is 12.0. The molecule has 0 aliphatic rings. The number of hydrogen-bond acceptors (Lipinski definition) is 4. The van der Waals surface area contributed by atoms with E-state index in [0.717, 1.165) is 0 Å². The Balaban J connectivity index is 2.95. The van der Waals surface area contributed by atoms with Gasteiger partial charge in [-0.3, -0.25) is 4.79 Å². The van der Waals surface area contributed by atoms with Gasteiger partial charge in [0, 0.05) is 6.42 Å². The zero-order valence-electron chi connectivity index (χ0n) is 9.01. The molecule has 0 atom stereocenters. The summed E-state index contributed by atoms with van der Waals surface area (Å²) in [6, 6.07) is 0. The van der Waals surface area contributed by atoms with Crippen LogP contribution in [-0.4, -0.2) is 22.1 Å². The zero-order valence-corrected chi connectivity index (χ0v) is 9.01. The minimum atomic E-state index is -4.28. The minimum Gasteiger partial charge on any atom is -0.383 e. The number of primary amides is 1. The highest BCUT2D eigenvalue weighted by Crippen LogP contribution is 2.22. The largest absolute Gasteiger partial charge is 0.389 e. The molecular formula is C9H11F3N4O. The Labute approximate surface area is 95.0 Å². The summed E-state index contributed by atoms with van der Waals surface area (Å²) in [5.74, 6) is -1.05. The third-order valence-electron chi connectivity index (χ3n) is 2.04. The molecule has 0 fully saturated rings. The first-order valence-corrected chi connectivity index (χ1v) is 4.70. The van der Waals surface area contributed by atoms with Crippen molar-refractivity contribution in [2.24, 2.45) is 5.73 Å². The molecule has 0 unspecified atom stereocenters. The average molecular weight is 248 g/mol. The molecule has 0 radical (unpaired) electrons. The number of rotatable bonds is 3. The molecule has 5 nitrogen and oxygen atoms in total. The van der Waals surface area contributed by atoms with E-state index in [-0.39, 0.29) is 29.3 Å². The predicted molar refractivity (Wildman–Crippen MR) is 54.1 cm³/mol. The second kappa shape index (κ2) is 4.56. The molecular weight excluding hydrogens is 237 g/mol. The molecule has 1 aromatic rings. The van der Waals surface area contributed by atoms with Crippen LogP contribution in [0.15, 0.2) is 0 Å². The van der Waals surface area contributed by atoms with E-state index in [2.05, 4.69) is 9.97 Å². The highest BCUT2D eigenvalue weighted by molar-refractivity contribution is 5.98. The van der Waals surface area contributed by atoms with Crippen molar-refractivity contribution in [1.29, 1.82) is 0 Å². The molecule has 1 amide bonds. The maximum absolute atomic E-state index is 12.0. The predicted octanol–water partition coefficient (Wildman–Crippen LogP) is 0.961. The number of carbonyl (C=O) groups is 1. The van der Waals surface area contributed by atoms with E-state index in [1.165, 1.54) is 6.92 Å². The van der Waals surface area contributed by atoms with Gasteiger partial charge < -0.3 is 11.5 Å². The molecule has 1 rings (SSSR count). The molecule has 0 bridgehead atoms. The lowest BCUT2D eigenvalue weighted by Crippen LogP contribution is -2.19. The summed E-state index contributed by atoms with van der Waals surface area (Å²) in [5, 5.41) is 0. The van der Waals surface area contributed by atoms with Crippen molar-refractivity contribution < 1.29 is 18.0 Å². The Kier molecular flexibility index (Phi) is 3.54. The van der Waals surface area contributed by atoms with E-state index in [9.17, 15) is 18.0 Å². The van der Waals surface area contributed by atoms with Gasteiger partial charge in [0.2, 0.25) is 0 Å². The Hall–Kier alpha value is -1.86. The quantitative estimate of drug-likeness (QED) is 0.832. The fraction of sp³-hybridized carbons (Fsp3) is 0.444. The maximum Gasteiger partial charge on any atom is 0.389 e. The number of anilines is 1. The fourth-order valence-corrected chi connectivity index (χ4v) is 1.32. The number of halogens is 3. The van der Waals surface area contributed by atoms with Crippen LogP contribution in [0.2, 0.25) is 0 Å². The third-order valence-corrected chi connectivity index (χ3v) is 2.04. The van der Waals surface area contributed by atoms with Gasteiger partial charge in [0.15, 0.2) is 0 Å². The molecule has 1 aromatic heterocycles. The van der Waals surface area contributed by atoms with Crippen LogP contribution in [0.25, 0.3) is 0 Å². The molecule has 17 heavy (non-hydrogen) atoms. The molecule has 0 aromatic carbocycles. The van der Waals surface area contributed by atoms with Crippen LogP contribution in [-0.2, 0) is 6.42 Å². The number of carbonyl (C=O) groups excluding carboxylic acids is 1. The molecule has 1 heterocycles. The smallest absolute Gasteiger partial charge is 0.383 e. The highest BCUT2D eigenvalue weighted by atomic mass is 19.4. The lowest BCUT2D eigenvalue weighted by Gasteiger charge is -2.09. The van der Waals surface area contributed by atoms with Crippen molar-refractivity contribution in [3.05, 3.63) is 17.1 Å². The van der Waals surface area contributed by atoms with Crippen molar-refractivity contribution in [3.63, 3.8) is 0 Å². The highest BCUT2D eigenvalue weighted by Gasteiger charge is 2.27. The molecule has 0 saturated heterocycles. The lowest BCUT2D eigenvalue weighted by molar-refractivity contribution is -0.134. The third kappa shape index (κ3) is 3.58. The van der Waals surface area contributed by atoms with Gasteiger partial charge in [-0.05, 0) is 6.92 Å². The Morgan fingerprint density at radius 3 is 2.35 bits per heavy atom. The summed E-state index contributed by atoms with van der Waals surface area (Å²) >= 11 is 0. The van der Waals surface area contributed by atoms with Crippen LogP contribution in [0, 0.1) is 6.92 Å². The molecule has 0 aliphatic carbocycles. The minimum absolute atomic E-state index is 0.0534. The van der Waals surface area contributed by atoms with Gasteiger partial charge in [-0.15, -0.1) is 0 Å². The monoisotopic (exact) mass is 248 g/mol. The van der Waals surface area contributed by atoms with E-state index in [1.807, 2.05) is 0 Å². The fourth-order valence-electron chi connectivity index (χ4n) is 1.32. The van der Waals surface area contributed by atoms with Crippen molar-refractivity contribution >= 4 is 11.7 Å². The molecule has 0 spiro atoms. The Morgan fingerprint density at radius 2 is 1.94 bits per heavy atom. The van der Waals surface area contributed by atoms with E-state index >= 15 is 0 Å². The summed E-state index contributed by atoms with van der Waals surface area (Å²) < 4.78 is 36.0. The van der Waals surface area contributed by atoms with E-state index in [4.69, 9.17) is 11.5 Å². The van der Waals surface area contributed by atoms with E-state index in [0.29, 0.717) is 0 Å². The van der Waals surface area contributed by atoms with Gasteiger partial charge in [0.25, 0.3) is 5.91 Å². The van der Waals surface area contributed by atoms with Crippen LogP contribution in [0.1, 0.15) is 28.3 Å². The molecule has 8 heteroatoms. The van der Waals surface area contributed by atoms with Crippen molar-refractivity contribution in [1.82, 2.24) is 9.97 Å². The summed E-state index contributed by atoms with van der Waals surface area (Å²) in [7, 11) is 0. The zero-order chi connectivity index (χ0) is 13.2. The number of aromatic nitrogens is 2. The van der Waals surface area contributed by atoms with Crippen LogP contribution in [0.3, 0.4) is 0 Å². The average Bonchev–Trinajstić information content (AvgIpc) is 2.11. The van der Waals surface area contributed by atoms with Crippen LogP contribution >= 0.6 is 0 Å². The normalized spacial score (nSPS) is 11.5. The molecule has 94 valence electrons. The summed E-state index contributed by atoms with van der Waals surface area (Å²) in [6.45, 7) is 1.44. The second-order valence-corrected chi connectivity index (χ2v) is 3.46. The van der Waals surface area contributed by atoms with Crippen LogP contribution in [0.5, 0.6) is 0 Å². The summed E-state index contributed by atoms with van der Waals surface area (Å²) in [6.07, 6.45) is -5.70. The number of aryl methyl sites for hydroxylation is 2. The van der Waals surface area contributed by atoms with E-state index in [1.54, 1.807) is 0 Å². The Bertz CT molecular complexity index is 421. The number of nitrogens with zero attached hydrogens (tertiary/aromatic N) is 2. The van der Waals surface area contributed by atoms with Gasteiger partial charge in [0.1, 0.15) is 17.2 Å². The van der Waals surface area contributed by atoms with Gasteiger partial charge in [0.05, 0.1) is 12.1 Å². The molecule has 0 saturated carbocycles. The Morgan fingerprint density at radius 1 is 1.35 bits per heavy atom. The molecule has 0 aliphatic heterocycles. The number of nitrogen functional groups attached to an aromatic ring is 1. The van der Waals surface area contributed by atoms with Crippen molar-refractivity contribution in [2.45, 2.75) is 25.9 Å². The van der Waals surface area contributed by atoms with Gasteiger partial charge in [-0.25, -0.2) is 9.97 Å². The van der Waals surface area contributed by atoms with Crippen molar-refractivity contribution in [3.8, 4) is 0 Å². The van der Waals surface area contributed by atoms with E-state index < -0.39 is 18.5 Å². The van der Waals surface area contributed by atoms with Gasteiger partial charge >= 0.3 is 6.18 Å². The summed E-state index contributed by atoms with van der Waals surface area (Å²) in [5.41, 5.74) is 10.6. The van der Waals surface area contributed by atoms with Gasteiger partial charge in [-0.2, -0.15) is 13.2 Å². The van der Waals surface area contributed by atoms with Crippen LogP contribution in [0.4, 0.5) is 19.0 Å². The lowest BCUT2D eigenvalue weighted by atomic mass is 10.2. The first-order chi connectivity index (χ1) is 7.70. The second-order valence-electron chi connectivity index (χ2n) is 3.46. The van der Waals surface area contributed by atoms with Gasteiger partial charge in [-0.1, -0.05) is 0 Å². The van der Waals surface area contributed by atoms with Crippen molar-refractivity contribution in [2.75, 3.05) is 5.73 Å². The number of alkyl halides is 3. The van der Waals surface area contributed by atoms with Crippen LogP contribution < -0.4 is 11.5 Å². The summed E-state index contributed by atoms with van der Waals surface area (Å²) in [4.78, 5) is 18.3. The SMILES string of the molecule is Cc1nc(CCC(F)(F)F)nc(N)c1C(N)=O. The molecule has 4 N–H and O–H groups in total. The standard InChI is InChI=1S/C9H11F3N4O/c1-4-6(8(14)17)7(13)16-5(15-4)2-3-9(10,11)12/h2-3H2,1H3,(H2,14,17)(H2,13,15,16). The number of hydrogen-bond donors (Lipinski definition) is 2. The number of nitrogens with two attached hydrogens (primary N) is 2. The topological polar surface area (TPSA) is 94.9 Å². The number of amides is 1. The first kappa shape index (κ1) is 13.2. The first-order valence-electron chi connectivity index (χ1n) is 4.70.